The molecule has 37 heavy (non-hydrogen) atoms. The van der Waals surface area contributed by atoms with Gasteiger partial charge in [-0.25, -0.2) is 0 Å². The fraction of sp³-hybridized carbons (Fsp3) is 0.353. The van der Waals surface area contributed by atoms with E-state index in [4.69, 9.17) is 0 Å². The normalized spacial score (nSPS) is 10.2. The molecule has 0 atom stereocenters. The fourth-order valence-electron chi connectivity index (χ4n) is 4.32. The number of benzene rings is 3. The van der Waals surface area contributed by atoms with E-state index < -0.39 is 19.8 Å². The Balaban J connectivity index is 0.000000330. The zero-order valence-corrected chi connectivity index (χ0v) is 27.4. The zero-order chi connectivity index (χ0) is 26.4. The van der Waals surface area contributed by atoms with Gasteiger partial charge in [-0.05, 0) is 47.2 Å². The third-order valence-electron chi connectivity index (χ3n) is 6.37. The van der Waals surface area contributed by atoms with E-state index in [1.54, 1.807) is 24.6 Å². The Morgan fingerprint density at radius 2 is 0.838 bits per heavy atom. The maximum atomic E-state index is 2.34. The van der Waals surface area contributed by atoms with Gasteiger partial charge in [0, 0.05) is 17.1 Å². The molecule has 1 nitrogen and oxygen atoms in total. The minimum Gasteiger partial charge on any atom is -1.00 e. The summed E-state index contributed by atoms with van der Waals surface area (Å²) in [5, 5.41) is 4.08. The molecule has 0 aliphatic rings. The second-order valence-corrected chi connectivity index (χ2v) is 20.1. The second kappa shape index (κ2) is 21.0. The monoisotopic (exact) mass is 622 g/mol. The maximum absolute atomic E-state index is 2.34. The summed E-state index contributed by atoms with van der Waals surface area (Å²) in [7, 11) is 0. The Hall–Kier alpha value is -2.04. The molecule has 0 bridgehead atoms. The van der Waals surface area contributed by atoms with E-state index in [2.05, 4.69) is 98.5 Å². The van der Waals surface area contributed by atoms with Crippen molar-refractivity contribution in [2.75, 3.05) is 4.90 Å². The molecule has 4 aromatic rings. The summed E-state index contributed by atoms with van der Waals surface area (Å²) < 4.78 is 5.08. The van der Waals surface area contributed by atoms with Gasteiger partial charge >= 0.3 is 92.4 Å². The Kier molecular flexibility index (Phi) is 17.7. The SMILES string of the molecule is CCC[CH2][SnH]([CH2]CCC)[CH2]CCC.[H-].c1ccc(N(c2ccccc2)c2ccccc2)cc1.c1ccsc1. The van der Waals surface area contributed by atoms with Crippen molar-refractivity contribution in [3.63, 3.8) is 0 Å². The molecule has 0 fully saturated rings. The van der Waals surface area contributed by atoms with Gasteiger partial charge in [0.15, 0.2) is 0 Å². The summed E-state index contributed by atoms with van der Waals surface area (Å²) in [6.07, 6.45) is 8.87. The van der Waals surface area contributed by atoms with Crippen molar-refractivity contribution in [3.8, 4) is 0 Å². The molecule has 0 aliphatic heterocycles. The second-order valence-electron chi connectivity index (χ2n) is 9.43. The van der Waals surface area contributed by atoms with E-state index in [0.717, 1.165) is 0 Å². The molecule has 1 heterocycles. The molecule has 0 saturated heterocycles. The van der Waals surface area contributed by atoms with Crippen LogP contribution >= 0.6 is 11.3 Å². The van der Waals surface area contributed by atoms with Crippen molar-refractivity contribution in [1.29, 1.82) is 0 Å². The average Bonchev–Trinajstić information content (AvgIpc) is 3.56. The Morgan fingerprint density at radius 3 is 1.08 bits per heavy atom. The summed E-state index contributed by atoms with van der Waals surface area (Å²) in [5.74, 6) is 0. The van der Waals surface area contributed by atoms with E-state index in [1.165, 1.54) is 55.6 Å². The molecule has 0 radical (unpaired) electrons. The number of thiophene rings is 1. The number of hydrogen-bond donors (Lipinski definition) is 0. The summed E-state index contributed by atoms with van der Waals surface area (Å²) in [5.41, 5.74) is 3.50. The van der Waals surface area contributed by atoms with Gasteiger partial charge in [-0.3, -0.25) is 0 Å². The third-order valence-corrected chi connectivity index (χ3v) is 17.5. The minimum atomic E-state index is -0.967. The van der Waals surface area contributed by atoms with E-state index in [0.29, 0.717) is 0 Å². The van der Waals surface area contributed by atoms with Crippen LogP contribution in [0.2, 0.25) is 13.3 Å². The van der Waals surface area contributed by atoms with Crippen LogP contribution in [0.15, 0.2) is 114 Å². The van der Waals surface area contributed by atoms with Crippen LogP contribution in [0.25, 0.3) is 0 Å². The van der Waals surface area contributed by atoms with Gasteiger partial charge in [-0.2, -0.15) is 11.3 Å². The van der Waals surface area contributed by atoms with Gasteiger partial charge in [0.1, 0.15) is 0 Å². The molecular formula is C34H48NSSn-. The number of anilines is 3. The molecule has 200 valence electrons. The summed E-state index contributed by atoms with van der Waals surface area (Å²) in [4.78, 5) is 2.25. The van der Waals surface area contributed by atoms with Crippen LogP contribution in [0.1, 0.15) is 60.7 Å². The van der Waals surface area contributed by atoms with Crippen molar-refractivity contribution in [1.82, 2.24) is 0 Å². The van der Waals surface area contributed by atoms with Gasteiger partial charge in [0.05, 0.1) is 0 Å². The largest absolute Gasteiger partial charge is 1.00 e. The van der Waals surface area contributed by atoms with E-state index >= 15 is 0 Å². The quantitative estimate of drug-likeness (QED) is 0.142. The van der Waals surface area contributed by atoms with Crippen LogP contribution in [-0.4, -0.2) is 19.8 Å². The van der Waals surface area contributed by atoms with Crippen molar-refractivity contribution in [3.05, 3.63) is 114 Å². The van der Waals surface area contributed by atoms with Crippen LogP contribution in [-0.2, 0) is 0 Å². The number of unbranched alkanes of at least 4 members (excludes halogenated alkanes) is 3. The molecule has 1 aromatic heterocycles. The van der Waals surface area contributed by atoms with Crippen molar-refractivity contribution >= 4 is 48.2 Å². The van der Waals surface area contributed by atoms with Gasteiger partial charge in [-0.1, -0.05) is 66.7 Å². The molecule has 3 aromatic carbocycles. The van der Waals surface area contributed by atoms with Crippen molar-refractivity contribution in [2.45, 2.75) is 72.6 Å². The molecule has 3 heteroatoms. The van der Waals surface area contributed by atoms with Crippen LogP contribution in [0, 0.1) is 0 Å². The smallest absolute Gasteiger partial charge is 0.0461 e. The molecule has 4 rings (SSSR count). The molecule has 0 saturated carbocycles. The molecule has 0 amide bonds. The molecule has 0 aliphatic carbocycles. The first-order valence-electron chi connectivity index (χ1n) is 14.2. The summed E-state index contributed by atoms with van der Waals surface area (Å²) in [6.45, 7) is 7.01. The van der Waals surface area contributed by atoms with Crippen LogP contribution in [0.3, 0.4) is 0 Å². The Bertz CT molecular complexity index is 866. The van der Waals surface area contributed by atoms with Gasteiger partial charge in [-0.15, -0.1) is 0 Å². The van der Waals surface area contributed by atoms with Crippen LogP contribution in [0.5, 0.6) is 0 Å². The van der Waals surface area contributed by atoms with Gasteiger partial charge < -0.3 is 6.33 Å². The van der Waals surface area contributed by atoms with Crippen LogP contribution < -0.4 is 4.90 Å². The fourth-order valence-corrected chi connectivity index (χ4v) is 15.7. The van der Waals surface area contributed by atoms with E-state index in [-0.39, 0.29) is 1.43 Å². The Morgan fingerprint density at radius 1 is 0.514 bits per heavy atom. The standard InChI is InChI=1S/C18H15N.C4H4S.3C4H9.Sn.2H/c1-4-10-16(11-5-1)19(17-12-6-2-7-13-17)18-14-8-3-9-15-18;1-2-4-5-3-1;3*1-3-4-2;;;/h1-15H;1-4H;3*1,3-4H2,2H3;;;/q;;;;;;;-1. The molecular weight excluding hydrogens is 573 g/mol. The number of rotatable bonds is 12. The maximum Gasteiger partial charge on any atom is 0.0461 e. The predicted octanol–water partition coefficient (Wildman–Crippen LogP) is 11.6. The number of para-hydroxylation sites is 3. The molecule has 0 spiro atoms. The third kappa shape index (κ3) is 13.4. The molecule has 0 N–H and O–H groups in total. The first-order valence-corrected chi connectivity index (χ1v) is 22.2. The number of hydrogen-bond acceptors (Lipinski definition) is 2. The average molecular weight is 622 g/mol. The zero-order valence-electron chi connectivity index (χ0n) is 24.3. The first kappa shape index (κ1) is 31.2. The van der Waals surface area contributed by atoms with Crippen molar-refractivity contribution in [2.24, 2.45) is 0 Å². The van der Waals surface area contributed by atoms with Gasteiger partial charge in [0.25, 0.3) is 0 Å². The summed E-state index contributed by atoms with van der Waals surface area (Å²) in [6, 6.07) is 35.3. The first-order chi connectivity index (χ1) is 18.3. The van der Waals surface area contributed by atoms with E-state index in [9.17, 15) is 0 Å². The topological polar surface area (TPSA) is 3.24 Å². The number of nitrogens with zero attached hydrogens (tertiary/aromatic N) is 1. The predicted molar refractivity (Wildman–Crippen MR) is 173 cm³/mol. The Labute approximate surface area is 239 Å². The summed E-state index contributed by atoms with van der Waals surface area (Å²) >= 11 is 0.746. The minimum absolute atomic E-state index is 0. The van der Waals surface area contributed by atoms with Crippen LogP contribution in [0.4, 0.5) is 17.1 Å². The van der Waals surface area contributed by atoms with Crippen molar-refractivity contribution < 1.29 is 1.43 Å². The van der Waals surface area contributed by atoms with Gasteiger partial charge in [0.2, 0.25) is 0 Å². The molecule has 0 unspecified atom stereocenters. The van der Waals surface area contributed by atoms with E-state index in [1.807, 2.05) is 41.1 Å².